The fourth-order valence-corrected chi connectivity index (χ4v) is 2.37. The van der Waals surface area contributed by atoms with Gasteiger partial charge in [0.15, 0.2) is 0 Å². The Labute approximate surface area is 104 Å². The lowest BCUT2D eigenvalue weighted by Crippen LogP contribution is -2.48. The molecule has 1 fully saturated rings. The third-order valence-electron chi connectivity index (χ3n) is 3.75. The van der Waals surface area contributed by atoms with Gasteiger partial charge in [-0.25, -0.2) is 0 Å². The van der Waals surface area contributed by atoms with Crippen molar-refractivity contribution in [1.29, 1.82) is 0 Å². The second-order valence-corrected chi connectivity index (χ2v) is 4.93. The van der Waals surface area contributed by atoms with Crippen LogP contribution in [0.1, 0.15) is 25.8 Å². The highest BCUT2D eigenvalue weighted by Crippen LogP contribution is 2.11. The van der Waals surface area contributed by atoms with E-state index in [2.05, 4.69) is 34.7 Å². The Morgan fingerprint density at radius 3 is 2.65 bits per heavy atom. The molecule has 3 nitrogen and oxygen atoms in total. The average molecular weight is 233 g/mol. The zero-order valence-electron chi connectivity index (χ0n) is 11.0. The predicted octanol–water partition coefficient (Wildman–Crippen LogP) is 2.00. The largest absolute Gasteiger partial charge is 0.298 e. The van der Waals surface area contributed by atoms with Gasteiger partial charge in [-0.1, -0.05) is 13.0 Å². The van der Waals surface area contributed by atoms with E-state index in [1.54, 1.807) is 0 Å². The van der Waals surface area contributed by atoms with Gasteiger partial charge < -0.3 is 0 Å². The van der Waals surface area contributed by atoms with Crippen LogP contribution in [0.2, 0.25) is 0 Å². The summed E-state index contributed by atoms with van der Waals surface area (Å²) in [6, 6.07) is 4.91. The summed E-state index contributed by atoms with van der Waals surface area (Å²) in [6.07, 6.45) is 5.06. The minimum atomic E-state index is 0.732. The Kier molecular flexibility index (Phi) is 4.51. The SMILES string of the molecule is CC[C@H](C)N1CCN(Cc2cccnc2)CC1. The quantitative estimate of drug-likeness (QED) is 0.793. The highest BCUT2D eigenvalue weighted by atomic mass is 15.3. The molecular weight excluding hydrogens is 210 g/mol. The zero-order chi connectivity index (χ0) is 12.1. The summed E-state index contributed by atoms with van der Waals surface area (Å²) in [7, 11) is 0. The standard InChI is InChI=1S/C14H23N3/c1-3-13(2)17-9-7-16(8-10-17)12-14-5-4-6-15-11-14/h4-6,11,13H,3,7-10,12H2,1-2H3/t13-/m0/s1. The summed E-state index contributed by atoms with van der Waals surface area (Å²) in [5.74, 6) is 0. The van der Waals surface area contributed by atoms with Crippen molar-refractivity contribution in [3.63, 3.8) is 0 Å². The fraction of sp³-hybridized carbons (Fsp3) is 0.643. The van der Waals surface area contributed by atoms with Crippen LogP contribution < -0.4 is 0 Å². The molecule has 3 heteroatoms. The van der Waals surface area contributed by atoms with Crippen molar-refractivity contribution in [1.82, 2.24) is 14.8 Å². The Hall–Kier alpha value is -0.930. The number of piperazine rings is 1. The lowest BCUT2D eigenvalue weighted by Gasteiger charge is -2.37. The number of pyridine rings is 1. The second kappa shape index (κ2) is 6.12. The molecule has 0 N–H and O–H groups in total. The Morgan fingerprint density at radius 1 is 1.29 bits per heavy atom. The number of nitrogens with zero attached hydrogens (tertiary/aromatic N) is 3. The van der Waals surface area contributed by atoms with Gasteiger partial charge in [-0.05, 0) is 25.0 Å². The van der Waals surface area contributed by atoms with E-state index in [9.17, 15) is 0 Å². The van der Waals surface area contributed by atoms with Crippen LogP contribution in [-0.2, 0) is 6.54 Å². The molecule has 0 bridgehead atoms. The van der Waals surface area contributed by atoms with Crippen molar-refractivity contribution >= 4 is 0 Å². The van der Waals surface area contributed by atoms with E-state index in [-0.39, 0.29) is 0 Å². The van der Waals surface area contributed by atoms with Gasteiger partial charge in [-0.15, -0.1) is 0 Å². The maximum atomic E-state index is 4.17. The van der Waals surface area contributed by atoms with Crippen molar-refractivity contribution in [2.24, 2.45) is 0 Å². The molecule has 1 aromatic heterocycles. The van der Waals surface area contributed by atoms with Gasteiger partial charge in [0.1, 0.15) is 0 Å². The number of hydrogen-bond donors (Lipinski definition) is 0. The molecule has 0 amide bonds. The van der Waals surface area contributed by atoms with Crippen LogP contribution in [0.5, 0.6) is 0 Å². The maximum absolute atomic E-state index is 4.17. The number of rotatable bonds is 4. The van der Waals surface area contributed by atoms with Gasteiger partial charge in [-0.2, -0.15) is 0 Å². The van der Waals surface area contributed by atoms with Gasteiger partial charge >= 0.3 is 0 Å². The summed E-state index contributed by atoms with van der Waals surface area (Å²) in [5, 5.41) is 0. The molecule has 1 aliphatic rings. The first-order valence-electron chi connectivity index (χ1n) is 6.65. The maximum Gasteiger partial charge on any atom is 0.0312 e. The minimum absolute atomic E-state index is 0.732. The van der Waals surface area contributed by atoms with Gasteiger partial charge in [0.2, 0.25) is 0 Å². The molecule has 0 saturated carbocycles. The van der Waals surface area contributed by atoms with E-state index in [1.807, 2.05) is 18.5 Å². The Morgan fingerprint density at radius 2 is 2.06 bits per heavy atom. The normalized spacial score (nSPS) is 20.4. The van der Waals surface area contributed by atoms with Crippen molar-refractivity contribution in [2.75, 3.05) is 26.2 Å². The first-order valence-corrected chi connectivity index (χ1v) is 6.65. The molecule has 94 valence electrons. The average Bonchev–Trinajstić information content (AvgIpc) is 2.40. The van der Waals surface area contributed by atoms with E-state index < -0.39 is 0 Å². The molecule has 2 heterocycles. The summed E-state index contributed by atoms with van der Waals surface area (Å²) in [4.78, 5) is 9.29. The van der Waals surface area contributed by atoms with Gasteiger partial charge in [0.05, 0.1) is 0 Å². The van der Waals surface area contributed by atoms with Crippen molar-refractivity contribution < 1.29 is 0 Å². The summed E-state index contributed by atoms with van der Waals surface area (Å²) in [5.41, 5.74) is 1.32. The fourth-order valence-electron chi connectivity index (χ4n) is 2.37. The van der Waals surface area contributed by atoms with E-state index in [0.29, 0.717) is 0 Å². The molecule has 1 aromatic rings. The van der Waals surface area contributed by atoms with E-state index in [0.717, 1.165) is 12.6 Å². The lowest BCUT2D eigenvalue weighted by atomic mass is 10.2. The van der Waals surface area contributed by atoms with Crippen LogP contribution in [0.4, 0.5) is 0 Å². The molecule has 17 heavy (non-hydrogen) atoms. The highest BCUT2D eigenvalue weighted by Gasteiger charge is 2.19. The summed E-state index contributed by atoms with van der Waals surface area (Å²) < 4.78 is 0. The van der Waals surface area contributed by atoms with Gasteiger partial charge in [0.25, 0.3) is 0 Å². The third kappa shape index (κ3) is 3.51. The molecule has 0 aromatic carbocycles. The van der Waals surface area contributed by atoms with E-state index in [1.165, 1.54) is 38.2 Å². The summed E-state index contributed by atoms with van der Waals surface area (Å²) in [6.45, 7) is 10.4. The van der Waals surface area contributed by atoms with Crippen LogP contribution >= 0.6 is 0 Å². The Bertz CT molecular complexity index is 317. The second-order valence-electron chi connectivity index (χ2n) is 4.93. The monoisotopic (exact) mass is 233 g/mol. The van der Waals surface area contributed by atoms with Gasteiger partial charge in [0, 0.05) is 51.2 Å². The number of hydrogen-bond acceptors (Lipinski definition) is 3. The smallest absolute Gasteiger partial charge is 0.0312 e. The molecule has 0 spiro atoms. The van der Waals surface area contributed by atoms with Crippen LogP contribution in [-0.4, -0.2) is 47.0 Å². The molecule has 0 radical (unpaired) electrons. The molecule has 0 unspecified atom stereocenters. The molecule has 1 atom stereocenters. The van der Waals surface area contributed by atoms with E-state index in [4.69, 9.17) is 0 Å². The van der Waals surface area contributed by atoms with Crippen molar-refractivity contribution in [3.05, 3.63) is 30.1 Å². The molecular formula is C14H23N3. The predicted molar refractivity (Wildman–Crippen MR) is 70.8 cm³/mol. The van der Waals surface area contributed by atoms with Gasteiger partial charge in [-0.3, -0.25) is 14.8 Å². The molecule has 2 rings (SSSR count). The molecule has 0 aliphatic carbocycles. The zero-order valence-corrected chi connectivity index (χ0v) is 11.0. The minimum Gasteiger partial charge on any atom is -0.298 e. The van der Waals surface area contributed by atoms with E-state index >= 15 is 0 Å². The first kappa shape index (κ1) is 12.5. The van der Waals surface area contributed by atoms with Crippen molar-refractivity contribution in [3.8, 4) is 0 Å². The van der Waals surface area contributed by atoms with Crippen molar-refractivity contribution in [2.45, 2.75) is 32.9 Å². The van der Waals surface area contributed by atoms with Crippen LogP contribution in [0, 0.1) is 0 Å². The Balaban J connectivity index is 1.80. The van der Waals surface area contributed by atoms with Crippen LogP contribution in [0.15, 0.2) is 24.5 Å². The summed E-state index contributed by atoms with van der Waals surface area (Å²) >= 11 is 0. The van der Waals surface area contributed by atoms with Crippen LogP contribution in [0.3, 0.4) is 0 Å². The lowest BCUT2D eigenvalue weighted by molar-refractivity contribution is 0.0963. The number of aromatic nitrogens is 1. The molecule has 1 saturated heterocycles. The highest BCUT2D eigenvalue weighted by molar-refractivity contribution is 5.08. The third-order valence-corrected chi connectivity index (χ3v) is 3.75. The van der Waals surface area contributed by atoms with Crippen LogP contribution in [0.25, 0.3) is 0 Å². The molecule has 1 aliphatic heterocycles. The first-order chi connectivity index (χ1) is 8.29. The topological polar surface area (TPSA) is 19.4 Å².